The molecular formula is C23H31N3O6. The first kappa shape index (κ1) is 23.7. The molecule has 0 aromatic carbocycles. The van der Waals surface area contributed by atoms with Crippen molar-refractivity contribution in [1.82, 2.24) is 14.8 Å². The van der Waals surface area contributed by atoms with Crippen LogP contribution in [0, 0.1) is 0 Å². The van der Waals surface area contributed by atoms with Crippen LogP contribution in [0.15, 0.2) is 30.5 Å². The first-order valence-corrected chi connectivity index (χ1v) is 11.2. The van der Waals surface area contributed by atoms with Gasteiger partial charge in [-0.3, -0.25) is 9.69 Å². The van der Waals surface area contributed by atoms with Crippen LogP contribution in [0.3, 0.4) is 0 Å². The van der Waals surface area contributed by atoms with E-state index >= 15 is 0 Å². The van der Waals surface area contributed by atoms with E-state index in [1.54, 1.807) is 12.1 Å². The monoisotopic (exact) mass is 445 g/mol. The van der Waals surface area contributed by atoms with Crippen molar-refractivity contribution in [2.45, 2.75) is 58.0 Å². The third-order valence-electron chi connectivity index (χ3n) is 5.61. The number of carbonyl (C=O) groups excluding carboxylic acids is 3. The Morgan fingerprint density at radius 3 is 2.41 bits per heavy atom. The predicted molar refractivity (Wildman–Crippen MR) is 116 cm³/mol. The van der Waals surface area contributed by atoms with E-state index in [0.29, 0.717) is 6.54 Å². The smallest absolute Gasteiger partial charge is 0.334 e. The summed E-state index contributed by atoms with van der Waals surface area (Å²) < 4.78 is 17.5. The minimum absolute atomic E-state index is 0.0360. The van der Waals surface area contributed by atoms with Crippen LogP contribution in [0.25, 0.3) is 0 Å². The van der Waals surface area contributed by atoms with Crippen LogP contribution in [-0.4, -0.2) is 71.3 Å². The molecule has 2 unspecified atom stereocenters. The van der Waals surface area contributed by atoms with Gasteiger partial charge in [0.25, 0.3) is 12.1 Å². The highest BCUT2D eigenvalue weighted by Gasteiger charge is 2.54. The first-order chi connectivity index (χ1) is 15.4. The summed E-state index contributed by atoms with van der Waals surface area (Å²) in [6, 6.07) is 3.19. The third kappa shape index (κ3) is 5.27. The van der Waals surface area contributed by atoms with Crippen LogP contribution in [0.5, 0.6) is 5.88 Å². The molecule has 32 heavy (non-hydrogen) atoms. The molecule has 0 spiro atoms. The maximum atomic E-state index is 13.1. The Kier molecular flexibility index (Phi) is 7.84. The van der Waals surface area contributed by atoms with Gasteiger partial charge in [-0.25, -0.2) is 14.6 Å². The summed E-state index contributed by atoms with van der Waals surface area (Å²) in [5, 5.41) is 0. The van der Waals surface area contributed by atoms with E-state index < -0.39 is 29.9 Å². The topological polar surface area (TPSA) is 98.3 Å². The van der Waals surface area contributed by atoms with E-state index in [-0.39, 0.29) is 17.9 Å². The molecule has 3 rings (SSSR count). The normalized spacial score (nSPS) is 23.8. The van der Waals surface area contributed by atoms with Crippen molar-refractivity contribution < 1.29 is 28.6 Å². The molecule has 0 saturated heterocycles. The lowest BCUT2D eigenvalue weighted by atomic mass is 10.1. The molecule has 9 nitrogen and oxygen atoms in total. The van der Waals surface area contributed by atoms with Crippen molar-refractivity contribution in [3.63, 3.8) is 0 Å². The van der Waals surface area contributed by atoms with Crippen molar-refractivity contribution in [2.75, 3.05) is 26.7 Å². The van der Waals surface area contributed by atoms with E-state index in [2.05, 4.69) is 23.7 Å². The second-order valence-electron chi connectivity index (χ2n) is 8.03. The molecule has 9 heteroatoms. The molecule has 2 atom stereocenters. The zero-order valence-electron chi connectivity index (χ0n) is 18.9. The number of rotatable bonds is 9. The highest BCUT2D eigenvalue weighted by Crippen LogP contribution is 2.36. The molecule has 174 valence electrons. The molecule has 0 fully saturated rings. The lowest BCUT2D eigenvalue weighted by Gasteiger charge is -2.41. The molecule has 1 aromatic rings. The summed E-state index contributed by atoms with van der Waals surface area (Å²) in [5.41, 5.74) is 0.204. The van der Waals surface area contributed by atoms with Crippen LogP contribution in [0.2, 0.25) is 0 Å². The zero-order chi connectivity index (χ0) is 23.1. The molecule has 0 N–H and O–H groups in total. The second-order valence-corrected chi connectivity index (χ2v) is 8.03. The van der Waals surface area contributed by atoms with Gasteiger partial charge in [-0.2, -0.15) is 0 Å². The first-order valence-electron chi connectivity index (χ1n) is 11.2. The van der Waals surface area contributed by atoms with E-state index in [9.17, 15) is 14.4 Å². The van der Waals surface area contributed by atoms with Crippen molar-refractivity contribution in [3.05, 3.63) is 36.0 Å². The zero-order valence-corrected chi connectivity index (χ0v) is 18.9. The Hall–Kier alpha value is -2.94. The summed E-state index contributed by atoms with van der Waals surface area (Å²) in [5.74, 6) is -3.65. The number of amides is 1. The van der Waals surface area contributed by atoms with Gasteiger partial charge in [0, 0.05) is 38.4 Å². The summed E-state index contributed by atoms with van der Waals surface area (Å²) in [6.07, 6.45) is 6.55. The van der Waals surface area contributed by atoms with Crippen molar-refractivity contribution >= 4 is 17.8 Å². The lowest BCUT2D eigenvalue weighted by molar-refractivity contribution is -0.262. The number of nitrogens with zero attached hydrogens (tertiary/aromatic N) is 3. The Labute approximate surface area is 188 Å². The van der Waals surface area contributed by atoms with Gasteiger partial charge in [0.05, 0.1) is 0 Å². The number of likely N-dealkylation sites (N-methyl/N-ethyl adjacent to an activating group) is 1. The number of ether oxygens (including phenoxy) is 3. The number of hydrogen-bond donors (Lipinski definition) is 0. The minimum Gasteiger partial charge on any atom is -0.430 e. The van der Waals surface area contributed by atoms with Gasteiger partial charge in [0.15, 0.2) is 0 Å². The number of unbranched alkanes of at least 4 members (excludes halogenated alkanes) is 2. The highest BCUT2D eigenvalue weighted by molar-refractivity contribution is 5.97. The van der Waals surface area contributed by atoms with Crippen LogP contribution >= 0.6 is 0 Å². The molecule has 2 aliphatic heterocycles. The van der Waals surface area contributed by atoms with E-state index in [0.717, 1.165) is 50.9 Å². The number of pyridine rings is 1. The molecular weight excluding hydrogens is 414 g/mol. The van der Waals surface area contributed by atoms with Gasteiger partial charge in [-0.05, 0) is 38.1 Å². The molecule has 2 aliphatic rings. The predicted octanol–water partition coefficient (Wildman–Crippen LogP) is 2.52. The minimum atomic E-state index is -1.74. The van der Waals surface area contributed by atoms with Crippen molar-refractivity contribution in [2.24, 2.45) is 0 Å². The number of carbonyl (C=O) groups is 3. The van der Waals surface area contributed by atoms with Crippen molar-refractivity contribution in [3.8, 4) is 5.88 Å². The highest BCUT2D eigenvalue weighted by atomic mass is 16.7. The van der Waals surface area contributed by atoms with Crippen LogP contribution in [0.1, 0.15) is 56.3 Å². The largest absolute Gasteiger partial charge is 0.430 e. The molecule has 0 saturated carbocycles. The van der Waals surface area contributed by atoms with E-state index in [1.807, 2.05) is 0 Å². The van der Waals surface area contributed by atoms with Gasteiger partial charge >= 0.3 is 17.7 Å². The van der Waals surface area contributed by atoms with E-state index in [4.69, 9.17) is 14.2 Å². The fourth-order valence-corrected chi connectivity index (χ4v) is 3.81. The number of esters is 2. The van der Waals surface area contributed by atoms with E-state index in [1.165, 1.54) is 18.1 Å². The average Bonchev–Trinajstić information content (AvgIpc) is 2.86. The number of aromatic nitrogens is 1. The molecule has 0 bridgehead atoms. The van der Waals surface area contributed by atoms with Crippen LogP contribution in [-0.2, 0) is 19.1 Å². The Morgan fingerprint density at radius 1 is 1.03 bits per heavy atom. The van der Waals surface area contributed by atoms with Gasteiger partial charge in [-0.15, -0.1) is 0 Å². The summed E-state index contributed by atoms with van der Waals surface area (Å²) in [4.78, 5) is 45.6. The SMILES string of the molecule is CCCCN(CCCC)CCC12OC(=O)/C=C\C(=O)OC1N(C)C(=O)c1cccnc1O2. The summed E-state index contributed by atoms with van der Waals surface area (Å²) in [7, 11) is 1.49. The quantitative estimate of drug-likeness (QED) is 0.535. The molecule has 1 amide bonds. The standard InChI is InChI=1S/C23H31N3O6/c1-4-6-14-26(15-7-5-2)16-12-23-22(30-18(27)10-11-19(28)31-23)25(3)21(29)17-9-8-13-24-20(17)32-23/h8-11,13,22H,4-7,12,14-16H2,1-3H3/b11-10-. The molecule has 3 heterocycles. The van der Waals surface area contributed by atoms with Gasteiger partial charge in [-0.1, -0.05) is 26.7 Å². The molecule has 0 radical (unpaired) electrons. The van der Waals surface area contributed by atoms with Gasteiger partial charge in [0.2, 0.25) is 5.88 Å². The van der Waals surface area contributed by atoms with Gasteiger partial charge < -0.3 is 19.1 Å². The Bertz CT molecular complexity index is 865. The Morgan fingerprint density at radius 2 is 1.72 bits per heavy atom. The van der Waals surface area contributed by atoms with Gasteiger partial charge in [0.1, 0.15) is 5.56 Å². The van der Waals surface area contributed by atoms with Crippen LogP contribution < -0.4 is 4.74 Å². The fraction of sp³-hybridized carbons (Fsp3) is 0.565. The number of hydrogen-bond acceptors (Lipinski definition) is 8. The average molecular weight is 446 g/mol. The maximum Gasteiger partial charge on any atom is 0.334 e. The lowest BCUT2D eigenvalue weighted by Crippen LogP contribution is -2.60. The summed E-state index contributed by atoms with van der Waals surface area (Å²) in [6.45, 7) is 6.55. The van der Waals surface area contributed by atoms with Crippen LogP contribution in [0.4, 0.5) is 0 Å². The molecule has 0 aliphatic carbocycles. The van der Waals surface area contributed by atoms with Crippen molar-refractivity contribution in [1.29, 1.82) is 0 Å². The maximum absolute atomic E-state index is 13.1. The second kappa shape index (κ2) is 10.6. The third-order valence-corrected chi connectivity index (χ3v) is 5.61. The molecule has 1 aromatic heterocycles. The Balaban J connectivity index is 1.99. The summed E-state index contributed by atoms with van der Waals surface area (Å²) >= 11 is 0. The number of fused-ring (bicyclic) bond motifs is 2. The fourth-order valence-electron chi connectivity index (χ4n) is 3.81.